The van der Waals surface area contributed by atoms with Gasteiger partial charge < -0.3 is 0 Å². The van der Waals surface area contributed by atoms with Gasteiger partial charge in [-0.2, -0.15) is 10.5 Å². The molecule has 2 rings (SSSR count). The third kappa shape index (κ3) is 2.00. The fourth-order valence-corrected chi connectivity index (χ4v) is 1.71. The van der Waals surface area contributed by atoms with E-state index in [4.69, 9.17) is 10.5 Å². The Kier molecular flexibility index (Phi) is 2.85. The lowest BCUT2D eigenvalue weighted by atomic mass is 10.0. The molecule has 0 atom stereocenters. The quantitative estimate of drug-likeness (QED) is 0.693. The van der Waals surface area contributed by atoms with Gasteiger partial charge in [0, 0.05) is 11.6 Å². The van der Waals surface area contributed by atoms with Crippen molar-refractivity contribution >= 4 is 17.0 Å². The number of benzene rings is 1. The van der Waals surface area contributed by atoms with E-state index in [0.29, 0.717) is 0 Å². The van der Waals surface area contributed by atoms with E-state index >= 15 is 0 Å². The minimum atomic E-state index is 0.0963. The van der Waals surface area contributed by atoms with Crippen molar-refractivity contribution in [2.45, 2.75) is 6.92 Å². The van der Waals surface area contributed by atoms with Gasteiger partial charge in [0.1, 0.15) is 17.7 Å². The van der Waals surface area contributed by atoms with Crippen molar-refractivity contribution in [1.29, 1.82) is 10.5 Å². The summed E-state index contributed by atoms with van der Waals surface area (Å²) in [5.74, 6) is 0. The lowest BCUT2D eigenvalue weighted by Crippen LogP contribution is -1.86. The molecule has 2 aromatic rings. The molecular weight excluding hydrogens is 210 g/mol. The van der Waals surface area contributed by atoms with Gasteiger partial charge in [0.05, 0.1) is 5.52 Å². The maximum Gasteiger partial charge on any atom is 0.130 e. The van der Waals surface area contributed by atoms with Gasteiger partial charge in [-0.15, -0.1) is 0 Å². The second kappa shape index (κ2) is 4.47. The summed E-state index contributed by atoms with van der Waals surface area (Å²) in [6, 6.07) is 11.3. The smallest absolute Gasteiger partial charge is 0.130 e. The zero-order chi connectivity index (χ0) is 12.3. The molecule has 3 nitrogen and oxygen atoms in total. The standard InChI is InChI=1S/C14H9N3/c1-10-4-5-12(7-11(8-15)9-16)13-3-2-6-17-14(10)13/h2-7H,1H3. The summed E-state index contributed by atoms with van der Waals surface area (Å²) >= 11 is 0. The largest absolute Gasteiger partial charge is 0.256 e. The Labute approximate surface area is 99.3 Å². The summed E-state index contributed by atoms with van der Waals surface area (Å²) in [6.45, 7) is 1.98. The SMILES string of the molecule is Cc1ccc(C=C(C#N)C#N)c2cccnc12. The van der Waals surface area contributed by atoms with Gasteiger partial charge in [0.15, 0.2) is 0 Å². The van der Waals surface area contributed by atoms with Crippen molar-refractivity contribution < 1.29 is 0 Å². The Morgan fingerprint density at radius 3 is 2.71 bits per heavy atom. The lowest BCUT2D eigenvalue weighted by molar-refractivity contribution is 1.36. The monoisotopic (exact) mass is 219 g/mol. The summed E-state index contributed by atoms with van der Waals surface area (Å²) < 4.78 is 0. The minimum absolute atomic E-state index is 0.0963. The zero-order valence-corrected chi connectivity index (χ0v) is 9.31. The predicted octanol–water partition coefficient (Wildman–Crippen LogP) is 2.97. The molecule has 0 unspecified atom stereocenters. The van der Waals surface area contributed by atoms with Gasteiger partial charge in [-0.1, -0.05) is 18.2 Å². The minimum Gasteiger partial charge on any atom is -0.256 e. The summed E-state index contributed by atoms with van der Waals surface area (Å²) in [6.07, 6.45) is 3.32. The van der Waals surface area contributed by atoms with E-state index in [1.54, 1.807) is 12.3 Å². The van der Waals surface area contributed by atoms with E-state index in [2.05, 4.69) is 4.98 Å². The molecule has 0 N–H and O–H groups in total. The molecule has 1 aromatic heterocycles. The Bertz CT molecular complexity index is 669. The van der Waals surface area contributed by atoms with Crippen molar-refractivity contribution in [2.75, 3.05) is 0 Å². The highest BCUT2D eigenvalue weighted by molar-refractivity contribution is 5.91. The molecule has 0 amide bonds. The molecule has 17 heavy (non-hydrogen) atoms. The van der Waals surface area contributed by atoms with E-state index in [-0.39, 0.29) is 5.57 Å². The second-order valence-electron chi connectivity index (χ2n) is 3.65. The van der Waals surface area contributed by atoms with Crippen LogP contribution in [0.5, 0.6) is 0 Å². The first-order chi connectivity index (χ1) is 8.26. The van der Waals surface area contributed by atoms with Crippen molar-refractivity contribution in [2.24, 2.45) is 0 Å². The van der Waals surface area contributed by atoms with Gasteiger partial charge in [0.25, 0.3) is 0 Å². The molecule has 0 aliphatic carbocycles. The third-order valence-electron chi connectivity index (χ3n) is 2.55. The number of aromatic nitrogens is 1. The maximum absolute atomic E-state index is 8.76. The first-order valence-corrected chi connectivity index (χ1v) is 5.12. The lowest BCUT2D eigenvalue weighted by Gasteiger charge is -2.04. The molecule has 0 spiro atoms. The van der Waals surface area contributed by atoms with Crippen molar-refractivity contribution in [3.05, 3.63) is 47.2 Å². The molecule has 1 heterocycles. The number of fused-ring (bicyclic) bond motifs is 1. The van der Waals surface area contributed by atoms with Crippen LogP contribution in [0.25, 0.3) is 17.0 Å². The molecule has 0 aliphatic heterocycles. The zero-order valence-electron chi connectivity index (χ0n) is 9.31. The number of rotatable bonds is 1. The highest BCUT2D eigenvalue weighted by atomic mass is 14.6. The number of allylic oxidation sites excluding steroid dienone is 1. The Morgan fingerprint density at radius 1 is 1.24 bits per heavy atom. The average Bonchev–Trinajstić information content (AvgIpc) is 2.38. The molecule has 0 saturated heterocycles. The van der Waals surface area contributed by atoms with Crippen LogP contribution < -0.4 is 0 Å². The molecule has 0 aliphatic rings. The average molecular weight is 219 g/mol. The van der Waals surface area contributed by atoms with Crippen molar-refractivity contribution in [1.82, 2.24) is 4.98 Å². The molecule has 0 radical (unpaired) electrons. The molecule has 0 fully saturated rings. The van der Waals surface area contributed by atoms with Crippen LogP contribution in [0, 0.1) is 29.6 Å². The van der Waals surface area contributed by atoms with Gasteiger partial charge in [0.2, 0.25) is 0 Å². The highest BCUT2D eigenvalue weighted by Gasteiger charge is 2.03. The number of aryl methyl sites for hydroxylation is 1. The van der Waals surface area contributed by atoms with E-state index in [1.807, 2.05) is 43.3 Å². The summed E-state index contributed by atoms with van der Waals surface area (Å²) in [5.41, 5.74) is 2.92. The number of nitrogens with zero attached hydrogens (tertiary/aromatic N) is 3. The molecule has 3 heteroatoms. The van der Waals surface area contributed by atoms with E-state index < -0.39 is 0 Å². The van der Waals surface area contributed by atoms with Crippen LogP contribution in [-0.4, -0.2) is 4.98 Å². The van der Waals surface area contributed by atoms with Crippen LogP contribution in [0.1, 0.15) is 11.1 Å². The van der Waals surface area contributed by atoms with Gasteiger partial charge in [-0.05, 0) is 30.2 Å². The Morgan fingerprint density at radius 2 is 2.00 bits per heavy atom. The van der Waals surface area contributed by atoms with Gasteiger partial charge in [-0.25, -0.2) is 0 Å². The number of pyridine rings is 1. The number of nitriles is 2. The van der Waals surface area contributed by atoms with Crippen LogP contribution in [0.3, 0.4) is 0 Å². The second-order valence-corrected chi connectivity index (χ2v) is 3.65. The van der Waals surface area contributed by atoms with Gasteiger partial charge >= 0.3 is 0 Å². The summed E-state index contributed by atoms with van der Waals surface area (Å²) in [5, 5.41) is 18.5. The topological polar surface area (TPSA) is 60.5 Å². The normalized spacial score (nSPS) is 9.35. The van der Waals surface area contributed by atoms with Crippen molar-refractivity contribution in [3.8, 4) is 12.1 Å². The summed E-state index contributed by atoms with van der Waals surface area (Å²) in [7, 11) is 0. The van der Waals surface area contributed by atoms with Crippen LogP contribution in [0.2, 0.25) is 0 Å². The Balaban J connectivity index is 2.74. The molecule has 0 bridgehead atoms. The van der Waals surface area contributed by atoms with Gasteiger partial charge in [-0.3, -0.25) is 4.98 Å². The number of hydrogen-bond donors (Lipinski definition) is 0. The van der Waals surface area contributed by atoms with Crippen LogP contribution in [0.15, 0.2) is 36.0 Å². The third-order valence-corrected chi connectivity index (χ3v) is 2.55. The van der Waals surface area contributed by atoms with E-state index in [9.17, 15) is 0 Å². The molecule has 80 valence electrons. The van der Waals surface area contributed by atoms with Crippen LogP contribution in [0.4, 0.5) is 0 Å². The maximum atomic E-state index is 8.76. The van der Waals surface area contributed by atoms with Crippen LogP contribution in [-0.2, 0) is 0 Å². The molecule has 1 aromatic carbocycles. The fourth-order valence-electron chi connectivity index (χ4n) is 1.71. The first-order valence-electron chi connectivity index (χ1n) is 5.12. The molecule has 0 saturated carbocycles. The fraction of sp³-hybridized carbons (Fsp3) is 0.0714. The first kappa shape index (κ1) is 10.9. The highest BCUT2D eigenvalue weighted by Crippen LogP contribution is 2.22. The predicted molar refractivity (Wildman–Crippen MR) is 65.7 cm³/mol. The summed E-state index contributed by atoms with van der Waals surface area (Å²) in [4.78, 5) is 4.31. The Hall–Kier alpha value is -2.65. The van der Waals surface area contributed by atoms with Crippen LogP contribution >= 0.6 is 0 Å². The number of hydrogen-bond acceptors (Lipinski definition) is 3. The van der Waals surface area contributed by atoms with Crippen molar-refractivity contribution in [3.63, 3.8) is 0 Å². The van der Waals surface area contributed by atoms with E-state index in [1.165, 1.54) is 0 Å². The van der Waals surface area contributed by atoms with E-state index in [0.717, 1.165) is 22.0 Å². The molecular formula is C14H9N3.